The van der Waals surface area contributed by atoms with Gasteiger partial charge in [0.2, 0.25) is 0 Å². The van der Waals surface area contributed by atoms with E-state index in [0.29, 0.717) is 17.9 Å². The molecule has 2 aromatic rings. The molecule has 0 N–H and O–H groups in total. The summed E-state index contributed by atoms with van der Waals surface area (Å²) in [7, 11) is 0. The van der Waals surface area contributed by atoms with E-state index >= 15 is 0 Å². The van der Waals surface area contributed by atoms with E-state index in [1.54, 1.807) is 12.3 Å². The summed E-state index contributed by atoms with van der Waals surface area (Å²) in [5.41, 5.74) is 1.72. The molecule has 0 aliphatic carbocycles. The van der Waals surface area contributed by atoms with Crippen molar-refractivity contribution >= 4 is 0 Å². The molecule has 0 saturated carbocycles. The van der Waals surface area contributed by atoms with Gasteiger partial charge in [0.25, 0.3) is 0 Å². The molecular weight excluding hydrogens is 226 g/mol. The van der Waals surface area contributed by atoms with Gasteiger partial charge in [0.1, 0.15) is 11.8 Å². The summed E-state index contributed by atoms with van der Waals surface area (Å²) < 4.78 is 7.55. The summed E-state index contributed by atoms with van der Waals surface area (Å²) in [5.74, 6) is 0.650. The zero-order valence-electron chi connectivity index (χ0n) is 10.3. The lowest BCUT2D eigenvalue weighted by Crippen LogP contribution is -2.07. The van der Waals surface area contributed by atoms with Crippen molar-refractivity contribution in [1.82, 2.24) is 9.78 Å². The quantitative estimate of drug-likeness (QED) is 0.756. The van der Waals surface area contributed by atoms with Crippen LogP contribution in [0, 0.1) is 18.3 Å². The molecule has 0 saturated heterocycles. The van der Waals surface area contributed by atoms with Gasteiger partial charge < -0.3 is 4.74 Å². The number of rotatable bonds is 5. The predicted octanol–water partition coefficient (Wildman–Crippen LogP) is 2.53. The van der Waals surface area contributed by atoms with Crippen LogP contribution in [0.5, 0.6) is 5.75 Å². The molecule has 4 heteroatoms. The fourth-order valence-electron chi connectivity index (χ4n) is 1.71. The first kappa shape index (κ1) is 12.2. The highest BCUT2D eigenvalue weighted by Gasteiger charge is 2.01. The Morgan fingerprint density at radius 1 is 1.33 bits per heavy atom. The maximum Gasteiger partial charge on any atom is 0.137 e. The van der Waals surface area contributed by atoms with Gasteiger partial charge in [-0.3, -0.25) is 4.68 Å². The van der Waals surface area contributed by atoms with Crippen molar-refractivity contribution in [3.05, 3.63) is 47.8 Å². The van der Waals surface area contributed by atoms with Crippen molar-refractivity contribution in [2.75, 3.05) is 6.61 Å². The Labute approximate surface area is 106 Å². The van der Waals surface area contributed by atoms with Crippen molar-refractivity contribution in [3.63, 3.8) is 0 Å². The molecule has 4 nitrogen and oxygen atoms in total. The summed E-state index contributed by atoms with van der Waals surface area (Å²) in [6, 6.07) is 11.4. The Bertz CT molecular complexity index is 554. The summed E-state index contributed by atoms with van der Waals surface area (Å²) in [4.78, 5) is 0. The van der Waals surface area contributed by atoms with Crippen molar-refractivity contribution in [2.24, 2.45) is 0 Å². The van der Waals surface area contributed by atoms with Gasteiger partial charge in [0.05, 0.1) is 12.2 Å². The molecular formula is C14H15N3O. The predicted molar refractivity (Wildman–Crippen MR) is 68.2 cm³/mol. The topological polar surface area (TPSA) is 50.8 Å². The molecule has 2 rings (SSSR count). The monoisotopic (exact) mass is 241 g/mol. The molecule has 0 radical (unpaired) electrons. The van der Waals surface area contributed by atoms with E-state index < -0.39 is 0 Å². The minimum atomic E-state index is 0.577. The number of aromatic nitrogens is 2. The second-order valence-electron chi connectivity index (χ2n) is 4.01. The fourth-order valence-corrected chi connectivity index (χ4v) is 1.71. The third kappa shape index (κ3) is 2.89. The molecule has 1 aromatic heterocycles. The average molecular weight is 241 g/mol. The Balaban J connectivity index is 1.82. The summed E-state index contributed by atoms with van der Waals surface area (Å²) in [5, 5.41) is 13.1. The summed E-state index contributed by atoms with van der Waals surface area (Å²) in [6.07, 6.45) is 2.66. The van der Waals surface area contributed by atoms with E-state index in [4.69, 9.17) is 10.00 Å². The Kier molecular flexibility index (Phi) is 3.98. The zero-order chi connectivity index (χ0) is 12.8. The van der Waals surface area contributed by atoms with Crippen LogP contribution < -0.4 is 4.74 Å². The number of ether oxygens (including phenoxy) is 1. The molecule has 1 heterocycles. The summed E-state index contributed by atoms with van der Waals surface area (Å²) >= 11 is 0. The molecule has 0 spiro atoms. The molecule has 1 aromatic carbocycles. The van der Waals surface area contributed by atoms with E-state index in [1.807, 2.05) is 35.9 Å². The smallest absolute Gasteiger partial charge is 0.137 e. The molecule has 18 heavy (non-hydrogen) atoms. The van der Waals surface area contributed by atoms with Crippen molar-refractivity contribution in [3.8, 4) is 11.8 Å². The molecule has 0 fully saturated rings. The maximum atomic E-state index is 8.92. The Hall–Kier alpha value is -2.28. The first-order valence-electron chi connectivity index (χ1n) is 5.91. The van der Waals surface area contributed by atoms with Gasteiger partial charge in [0.15, 0.2) is 0 Å². The van der Waals surface area contributed by atoms with Crippen LogP contribution in [-0.2, 0) is 6.54 Å². The van der Waals surface area contributed by atoms with Crippen LogP contribution in [0.25, 0.3) is 0 Å². The SMILES string of the molecule is Cc1ccnn1CCCOc1ccccc1C#N. The number of hydrogen-bond acceptors (Lipinski definition) is 3. The Morgan fingerprint density at radius 3 is 2.89 bits per heavy atom. The van der Waals surface area contributed by atoms with Gasteiger partial charge in [-0.15, -0.1) is 0 Å². The highest BCUT2D eigenvalue weighted by Crippen LogP contribution is 2.16. The zero-order valence-corrected chi connectivity index (χ0v) is 10.3. The van der Waals surface area contributed by atoms with E-state index in [1.165, 1.54) is 0 Å². The second kappa shape index (κ2) is 5.87. The van der Waals surface area contributed by atoms with Crippen LogP contribution in [-0.4, -0.2) is 16.4 Å². The fraction of sp³-hybridized carbons (Fsp3) is 0.286. The number of benzene rings is 1. The molecule has 0 bridgehead atoms. The van der Waals surface area contributed by atoms with Gasteiger partial charge in [-0.05, 0) is 25.1 Å². The molecule has 0 atom stereocenters. The van der Waals surface area contributed by atoms with E-state index in [0.717, 1.165) is 18.7 Å². The molecule has 0 aliphatic rings. The first-order chi connectivity index (χ1) is 8.81. The highest BCUT2D eigenvalue weighted by molar-refractivity contribution is 5.42. The van der Waals surface area contributed by atoms with Gasteiger partial charge >= 0.3 is 0 Å². The van der Waals surface area contributed by atoms with Gasteiger partial charge in [-0.1, -0.05) is 12.1 Å². The van der Waals surface area contributed by atoms with Crippen LogP contribution in [0.2, 0.25) is 0 Å². The van der Waals surface area contributed by atoms with Crippen LogP contribution >= 0.6 is 0 Å². The van der Waals surface area contributed by atoms with Gasteiger partial charge in [-0.2, -0.15) is 10.4 Å². The minimum absolute atomic E-state index is 0.577. The van der Waals surface area contributed by atoms with Crippen molar-refractivity contribution in [2.45, 2.75) is 19.9 Å². The maximum absolute atomic E-state index is 8.92. The van der Waals surface area contributed by atoms with Crippen LogP contribution in [0.3, 0.4) is 0 Å². The first-order valence-corrected chi connectivity index (χ1v) is 5.91. The lowest BCUT2D eigenvalue weighted by Gasteiger charge is -2.08. The molecule has 92 valence electrons. The van der Waals surface area contributed by atoms with Gasteiger partial charge in [-0.25, -0.2) is 0 Å². The normalized spacial score (nSPS) is 10.0. The number of nitriles is 1. The number of para-hydroxylation sites is 1. The van der Waals surface area contributed by atoms with E-state index in [-0.39, 0.29) is 0 Å². The van der Waals surface area contributed by atoms with Crippen molar-refractivity contribution in [1.29, 1.82) is 5.26 Å². The lowest BCUT2D eigenvalue weighted by atomic mass is 10.2. The molecule has 0 unspecified atom stereocenters. The average Bonchev–Trinajstić information content (AvgIpc) is 2.81. The van der Waals surface area contributed by atoms with Crippen LogP contribution in [0.4, 0.5) is 0 Å². The third-order valence-corrected chi connectivity index (χ3v) is 2.71. The van der Waals surface area contributed by atoms with Crippen molar-refractivity contribution < 1.29 is 4.74 Å². The van der Waals surface area contributed by atoms with Gasteiger partial charge in [0, 0.05) is 24.9 Å². The van der Waals surface area contributed by atoms with E-state index in [2.05, 4.69) is 11.2 Å². The largest absolute Gasteiger partial charge is 0.492 e. The number of aryl methyl sites for hydroxylation is 2. The Morgan fingerprint density at radius 2 is 2.17 bits per heavy atom. The standard InChI is InChI=1S/C14H15N3O/c1-12-7-8-16-17(12)9-4-10-18-14-6-3-2-5-13(14)11-15/h2-3,5-8H,4,9-10H2,1H3. The lowest BCUT2D eigenvalue weighted by molar-refractivity contribution is 0.297. The molecule has 0 aliphatic heterocycles. The highest BCUT2D eigenvalue weighted by atomic mass is 16.5. The summed E-state index contributed by atoms with van der Waals surface area (Å²) in [6.45, 7) is 3.43. The second-order valence-corrected chi connectivity index (χ2v) is 4.01. The minimum Gasteiger partial charge on any atom is -0.492 e. The van der Waals surface area contributed by atoms with Crippen LogP contribution in [0.15, 0.2) is 36.5 Å². The van der Waals surface area contributed by atoms with Crippen LogP contribution in [0.1, 0.15) is 17.7 Å². The molecule has 0 amide bonds. The number of hydrogen-bond donors (Lipinski definition) is 0. The third-order valence-electron chi connectivity index (χ3n) is 2.71. The number of nitrogens with zero attached hydrogens (tertiary/aromatic N) is 3. The van der Waals surface area contributed by atoms with E-state index in [9.17, 15) is 0 Å².